The van der Waals surface area contributed by atoms with E-state index in [-0.39, 0.29) is 6.17 Å². The first-order chi connectivity index (χ1) is 28.3. The molecule has 0 fully saturated rings. The van der Waals surface area contributed by atoms with Gasteiger partial charge in [-0.25, -0.2) is 9.98 Å². The van der Waals surface area contributed by atoms with Gasteiger partial charge in [-0.05, 0) is 53.6 Å². The lowest BCUT2D eigenvalue weighted by Gasteiger charge is -2.23. The van der Waals surface area contributed by atoms with Gasteiger partial charge < -0.3 is 18.7 Å². The lowest BCUT2D eigenvalue weighted by molar-refractivity contribution is 0.660. The Hall–Kier alpha value is -7.70. The number of benzene rings is 8. The highest BCUT2D eigenvalue weighted by Gasteiger charge is 2.25. The van der Waals surface area contributed by atoms with E-state index >= 15 is 0 Å². The van der Waals surface area contributed by atoms with Crippen LogP contribution in [0.25, 0.3) is 82.5 Å². The van der Waals surface area contributed by atoms with E-state index in [2.05, 4.69) is 143 Å². The van der Waals surface area contributed by atoms with Gasteiger partial charge in [0.25, 0.3) is 0 Å². The van der Waals surface area contributed by atoms with Crippen LogP contribution < -0.4 is 5.32 Å². The highest BCUT2D eigenvalue weighted by molar-refractivity contribution is 6.21. The molecule has 6 heteroatoms. The predicted octanol–water partition coefficient (Wildman–Crippen LogP) is 12.7. The molecule has 0 saturated carbocycles. The molecule has 0 saturated heterocycles. The van der Waals surface area contributed by atoms with Gasteiger partial charge in [0.05, 0.1) is 27.7 Å². The summed E-state index contributed by atoms with van der Waals surface area (Å²) >= 11 is 0. The number of hydrogen-bond acceptors (Lipinski definition) is 5. The Balaban J connectivity index is 1.03. The third-order valence-corrected chi connectivity index (χ3v) is 11.3. The van der Waals surface area contributed by atoms with Crippen molar-refractivity contribution >= 4 is 77.4 Å². The van der Waals surface area contributed by atoms with Gasteiger partial charge in [-0.2, -0.15) is 0 Å². The van der Waals surface area contributed by atoms with Crippen molar-refractivity contribution in [3.05, 3.63) is 199 Å². The maximum Gasteiger partial charge on any atom is 0.159 e. The molecule has 1 atom stereocenters. The van der Waals surface area contributed by atoms with Gasteiger partial charge in [-0.15, -0.1) is 0 Å². The normalized spacial score (nSPS) is 14.5. The molecule has 1 aliphatic rings. The standard InChI is InChI=1S/C51H32N4O2/c1-3-14-31(15-4-1)49-52-50(32-16-5-2-6-17-32)54-51(53-49)39-23-12-22-38-37-21-11-20-34(47(37)57-48(38)39)33-28-29-44-40(30-33)46-43(26-13-27-45(46)56-44)55-41-24-9-7-18-35(41)36-19-8-10-25-42(36)55/h1-30,49H,(H,52,53,54). The first kappa shape index (κ1) is 31.6. The number of hydrogen-bond donors (Lipinski definition) is 1. The average molecular weight is 733 g/mol. The molecule has 1 aliphatic heterocycles. The van der Waals surface area contributed by atoms with Crippen LogP contribution in [-0.2, 0) is 0 Å². The highest BCUT2D eigenvalue weighted by atomic mass is 16.3. The van der Waals surface area contributed by atoms with Crippen LogP contribution in [0.2, 0.25) is 0 Å². The number of para-hydroxylation sites is 4. The number of fused-ring (bicyclic) bond motifs is 9. The number of nitrogens with one attached hydrogen (secondary N) is 1. The second kappa shape index (κ2) is 12.4. The van der Waals surface area contributed by atoms with Gasteiger partial charge in [0.1, 0.15) is 34.3 Å². The first-order valence-electron chi connectivity index (χ1n) is 19.2. The van der Waals surface area contributed by atoms with Crippen molar-refractivity contribution in [2.75, 3.05) is 0 Å². The van der Waals surface area contributed by atoms with E-state index in [1.807, 2.05) is 48.5 Å². The van der Waals surface area contributed by atoms with Gasteiger partial charge in [0.15, 0.2) is 5.84 Å². The minimum absolute atomic E-state index is 0.312. The highest BCUT2D eigenvalue weighted by Crippen LogP contribution is 2.42. The molecule has 12 rings (SSSR count). The number of amidine groups is 2. The van der Waals surface area contributed by atoms with Crippen LogP contribution in [0.5, 0.6) is 0 Å². The number of rotatable bonds is 5. The Morgan fingerprint density at radius 3 is 1.86 bits per heavy atom. The van der Waals surface area contributed by atoms with E-state index in [0.717, 1.165) is 88.4 Å². The van der Waals surface area contributed by atoms with Crippen LogP contribution in [0.3, 0.4) is 0 Å². The molecular weight excluding hydrogens is 701 g/mol. The molecule has 3 aromatic heterocycles. The van der Waals surface area contributed by atoms with E-state index in [9.17, 15) is 0 Å². The monoisotopic (exact) mass is 732 g/mol. The van der Waals surface area contributed by atoms with Gasteiger partial charge in [-0.1, -0.05) is 140 Å². The topological polar surface area (TPSA) is 68.0 Å². The lowest BCUT2D eigenvalue weighted by Crippen LogP contribution is -2.33. The number of aromatic nitrogens is 1. The summed E-state index contributed by atoms with van der Waals surface area (Å²) in [5.74, 6) is 1.39. The summed E-state index contributed by atoms with van der Waals surface area (Å²) in [5.41, 5.74) is 11.6. The molecule has 0 aliphatic carbocycles. The molecule has 6 nitrogen and oxygen atoms in total. The zero-order valence-electron chi connectivity index (χ0n) is 30.6. The number of nitrogens with zero attached hydrogens (tertiary/aromatic N) is 3. The Morgan fingerprint density at radius 1 is 0.474 bits per heavy atom. The van der Waals surface area contributed by atoms with Crippen LogP contribution >= 0.6 is 0 Å². The van der Waals surface area contributed by atoms with Gasteiger partial charge in [0, 0.05) is 38.1 Å². The minimum atomic E-state index is -0.312. The zero-order valence-corrected chi connectivity index (χ0v) is 30.6. The quantitative estimate of drug-likeness (QED) is 0.192. The summed E-state index contributed by atoms with van der Waals surface area (Å²) < 4.78 is 15.9. The summed E-state index contributed by atoms with van der Waals surface area (Å²) in [6.45, 7) is 0. The molecule has 0 spiro atoms. The third kappa shape index (κ3) is 4.90. The number of aliphatic imine (C=N–C) groups is 2. The predicted molar refractivity (Wildman–Crippen MR) is 233 cm³/mol. The zero-order chi connectivity index (χ0) is 37.5. The molecule has 57 heavy (non-hydrogen) atoms. The smallest absolute Gasteiger partial charge is 0.159 e. The summed E-state index contributed by atoms with van der Waals surface area (Å²) in [5, 5.41) is 10.3. The first-order valence-corrected chi connectivity index (χ1v) is 19.2. The second-order valence-electron chi connectivity index (χ2n) is 14.5. The average Bonchev–Trinajstić information content (AvgIpc) is 3.96. The fraction of sp³-hybridized carbons (Fsp3) is 0.0196. The third-order valence-electron chi connectivity index (χ3n) is 11.3. The van der Waals surface area contributed by atoms with Crippen molar-refractivity contribution in [1.29, 1.82) is 0 Å². The fourth-order valence-corrected chi connectivity index (χ4v) is 8.69. The Morgan fingerprint density at radius 2 is 1.11 bits per heavy atom. The summed E-state index contributed by atoms with van der Waals surface area (Å²) in [6.07, 6.45) is -0.312. The molecule has 11 aromatic rings. The van der Waals surface area contributed by atoms with Crippen molar-refractivity contribution < 1.29 is 8.83 Å². The molecule has 8 aromatic carbocycles. The van der Waals surface area contributed by atoms with Crippen molar-refractivity contribution in [3.8, 4) is 16.8 Å². The molecule has 1 unspecified atom stereocenters. The van der Waals surface area contributed by atoms with E-state index in [4.69, 9.17) is 18.8 Å². The van der Waals surface area contributed by atoms with Crippen molar-refractivity contribution in [2.45, 2.75) is 6.17 Å². The Bertz CT molecular complexity index is 3390. The maximum atomic E-state index is 6.98. The maximum absolute atomic E-state index is 6.98. The summed E-state index contributed by atoms with van der Waals surface area (Å²) in [6, 6.07) is 63.1. The molecule has 0 bridgehead atoms. The SMILES string of the molecule is c1ccc(C2=NC(c3ccccc3)NC(c3cccc4c3oc3c(-c5ccc6oc7cccc(-n8c9ccccc9c9ccccc98)c7c6c5)cccc34)=N2)cc1. The summed E-state index contributed by atoms with van der Waals surface area (Å²) in [7, 11) is 0. The van der Waals surface area contributed by atoms with Crippen molar-refractivity contribution in [1.82, 2.24) is 9.88 Å². The fourth-order valence-electron chi connectivity index (χ4n) is 8.69. The minimum Gasteiger partial charge on any atom is -0.456 e. The molecule has 0 amide bonds. The second-order valence-corrected chi connectivity index (χ2v) is 14.5. The molecule has 1 N–H and O–H groups in total. The van der Waals surface area contributed by atoms with E-state index in [1.165, 1.54) is 10.8 Å². The van der Waals surface area contributed by atoms with Gasteiger partial charge >= 0.3 is 0 Å². The van der Waals surface area contributed by atoms with Crippen LogP contribution in [0.4, 0.5) is 0 Å². The lowest BCUT2D eigenvalue weighted by atomic mass is 9.99. The van der Waals surface area contributed by atoms with E-state index < -0.39 is 0 Å². The van der Waals surface area contributed by atoms with E-state index in [1.54, 1.807) is 0 Å². The van der Waals surface area contributed by atoms with Crippen LogP contribution in [-0.4, -0.2) is 16.2 Å². The van der Waals surface area contributed by atoms with Crippen LogP contribution in [0, 0.1) is 0 Å². The molecule has 4 heterocycles. The Kier molecular flexibility index (Phi) is 6.89. The van der Waals surface area contributed by atoms with Crippen LogP contribution in [0.15, 0.2) is 201 Å². The van der Waals surface area contributed by atoms with Gasteiger partial charge in [0.2, 0.25) is 0 Å². The van der Waals surface area contributed by atoms with Crippen molar-refractivity contribution in [2.24, 2.45) is 9.98 Å². The summed E-state index contributed by atoms with van der Waals surface area (Å²) in [4.78, 5) is 10.2. The van der Waals surface area contributed by atoms with Gasteiger partial charge in [-0.3, -0.25) is 0 Å². The van der Waals surface area contributed by atoms with E-state index in [0.29, 0.717) is 11.7 Å². The largest absolute Gasteiger partial charge is 0.456 e. The number of furan rings is 2. The van der Waals surface area contributed by atoms with Crippen LogP contribution in [0.1, 0.15) is 22.9 Å². The molecular formula is C51H32N4O2. The van der Waals surface area contributed by atoms with Crippen molar-refractivity contribution in [3.63, 3.8) is 0 Å². The molecule has 0 radical (unpaired) electrons. The molecule has 268 valence electrons. The Labute approximate surface area is 326 Å².